The van der Waals surface area contributed by atoms with E-state index in [-0.39, 0.29) is 16.7 Å². The predicted molar refractivity (Wildman–Crippen MR) is 88.4 cm³/mol. The molecule has 134 valence electrons. The number of rotatable bonds is 5. The molecule has 0 unspecified atom stereocenters. The van der Waals surface area contributed by atoms with Gasteiger partial charge < -0.3 is 16.0 Å². The van der Waals surface area contributed by atoms with Gasteiger partial charge in [-0.2, -0.15) is 18.2 Å². The molecule has 25 heavy (non-hydrogen) atoms. The van der Waals surface area contributed by atoms with Crippen molar-refractivity contribution in [1.82, 2.24) is 15.3 Å². The zero-order chi connectivity index (χ0) is 18.6. The molecule has 0 saturated carbocycles. The first-order valence-corrected chi connectivity index (χ1v) is 7.47. The fraction of sp³-hybridized carbons (Fsp3) is 0.267. The Bertz CT molecular complexity index is 732. The van der Waals surface area contributed by atoms with Gasteiger partial charge in [0.2, 0.25) is 5.95 Å². The number of carbonyl (C=O) groups is 1. The number of hydrogen-bond acceptors (Lipinski definition) is 5. The highest BCUT2D eigenvalue weighted by Crippen LogP contribution is 2.18. The van der Waals surface area contributed by atoms with Gasteiger partial charge in [-0.3, -0.25) is 4.79 Å². The highest BCUT2D eigenvalue weighted by molar-refractivity contribution is 6.29. The second-order valence-electron chi connectivity index (χ2n) is 5.26. The van der Waals surface area contributed by atoms with E-state index in [0.717, 1.165) is 5.56 Å². The molecule has 1 aromatic heterocycles. The zero-order valence-corrected chi connectivity index (χ0v) is 13.9. The van der Waals surface area contributed by atoms with E-state index in [1.165, 1.54) is 12.1 Å². The van der Waals surface area contributed by atoms with E-state index >= 15 is 0 Å². The maximum absolute atomic E-state index is 12.1. The quantitative estimate of drug-likeness (QED) is 0.787. The summed E-state index contributed by atoms with van der Waals surface area (Å²) in [7, 11) is 1.77. The molecule has 0 aliphatic heterocycles. The Morgan fingerprint density at radius 3 is 2.48 bits per heavy atom. The molecule has 0 spiro atoms. The molecule has 0 atom stereocenters. The minimum absolute atomic E-state index is 0.0473. The molecule has 2 aromatic rings. The van der Waals surface area contributed by atoms with Gasteiger partial charge in [0.1, 0.15) is 17.5 Å². The number of anilines is 2. The largest absolute Gasteiger partial charge is 0.405 e. The van der Waals surface area contributed by atoms with Gasteiger partial charge in [-0.25, -0.2) is 4.98 Å². The molecule has 0 bridgehead atoms. The summed E-state index contributed by atoms with van der Waals surface area (Å²) >= 11 is 5.83. The Morgan fingerprint density at radius 2 is 1.92 bits per heavy atom. The van der Waals surface area contributed by atoms with Crippen LogP contribution in [0.3, 0.4) is 0 Å². The molecule has 1 amide bonds. The maximum Gasteiger partial charge on any atom is 0.405 e. The van der Waals surface area contributed by atoms with Crippen LogP contribution in [0.4, 0.5) is 24.9 Å². The Kier molecular flexibility index (Phi) is 5.68. The lowest BCUT2D eigenvalue weighted by Crippen LogP contribution is -2.33. The number of carbonyl (C=O) groups excluding carboxylic acids is 1. The average molecular weight is 374 g/mol. The third kappa shape index (κ3) is 5.79. The van der Waals surface area contributed by atoms with E-state index in [0.29, 0.717) is 12.4 Å². The molecule has 10 heteroatoms. The van der Waals surface area contributed by atoms with Crippen molar-refractivity contribution in [3.05, 3.63) is 46.6 Å². The average Bonchev–Trinajstić information content (AvgIpc) is 2.51. The minimum atomic E-state index is -4.45. The monoisotopic (exact) mass is 373 g/mol. The van der Waals surface area contributed by atoms with Crippen molar-refractivity contribution in [2.24, 2.45) is 0 Å². The van der Waals surface area contributed by atoms with E-state index in [9.17, 15) is 18.0 Å². The first-order valence-electron chi connectivity index (χ1n) is 7.09. The van der Waals surface area contributed by atoms with Crippen LogP contribution >= 0.6 is 11.6 Å². The van der Waals surface area contributed by atoms with Crippen molar-refractivity contribution >= 4 is 29.3 Å². The second kappa shape index (κ2) is 7.56. The van der Waals surface area contributed by atoms with Crippen LogP contribution in [0.2, 0.25) is 5.15 Å². The third-order valence-electron chi connectivity index (χ3n) is 3.18. The Balaban J connectivity index is 2.01. The lowest BCUT2D eigenvalue weighted by Gasteiger charge is -2.18. The van der Waals surface area contributed by atoms with Gasteiger partial charge in [0.05, 0.1) is 0 Å². The summed E-state index contributed by atoms with van der Waals surface area (Å²) in [6.45, 7) is -0.941. The number of halogens is 4. The molecule has 0 aliphatic carbocycles. The summed E-state index contributed by atoms with van der Waals surface area (Å²) in [4.78, 5) is 21.3. The van der Waals surface area contributed by atoms with Crippen LogP contribution in [0.5, 0.6) is 0 Å². The van der Waals surface area contributed by atoms with E-state index < -0.39 is 18.6 Å². The number of benzene rings is 1. The normalized spacial score (nSPS) is 11.2. The van der Waals surface area contributed by atoms with Gasteiger partial charge in [-0.05, 0) is 17.7 Å². The Hall–Kier alpha value is -2.55. The molecule has 0 saturated heterocycles. The number of nitrogen functional groups attached to an aromatic ring is 1. The first-order chi connectivity index (χ1) is 11.6. The van der Waals surface area contributed by atoms with Crippen molar-refractivity contribution in [3.8, 4) is 0 Å². The summed E-state index contributed by atoms with van der Waals surface area (Å²) in [5, 5.41) is 2.03. The number of aromatic nitrogens is 2. The lowest BCUT2D eigenvalue weighted by atomic mass is 10.1. The summed E-state index contributed by atoms with van der Waals surface area (Å²) in [6.07, 6.45) is -4.45. The SMILES string of the molecule is CN(Cc1ccc(C(=O)NCC(F)(F)F)cc1)c1cc(Cl)nc(N)n1. The summed E-state index contributed by atoms with van der Waals surface area (Å²) < 4.78 is 36.3. The fourth-order valence-electron chi connectivity index (χ4n) is 2.02. The van der Waals surface area contributed by atoms with Crippen LogP contribution < -0.4 is 16.0 Å². The molecule has 0 fully saturated rings. The van der Waals surface area contributed by atoms with Crippen LogP contribution in [0.25, 0.3) is 0 Å². The van der Waals surface area contributed by atoms with Gasteiger partial charge in [-0.1, -0.05) is 23.7 Å². The lowest BCUT2D eigenvalue weighted by molar-refractivity contribution is -0.123. The van der Waals surface area contributed by atoms with Gasteiger partial charge in [-0.15, -0.1) is 0 Å². The molecule has 1 aromatic carbocycles. The Labute approximate surface area is 146 Å². The predicted octanol–water partition coefficient (Wildman–Crippen LogP) is 2.64. The van der Waals surface area contributed by atoms with Gasteiger partial charge >= 0.3 is 6.18 Å². The van der Waals surface area contributed by atoms with Crippen LogP contribution in [0.15, 0.2) is 30.3 Å². The molecule has 0 radical (unpaired) electrons. The van der Waals surface area contributed by atoms with Crippen molar-refractivity contribution in [3.63, 3.8) is 0 Å². The van der Waals surface area contributed by atoms with E-state index in [1.807, 2.05) is 5.32 Å². The van der Waals surface area contributed by atoms with Crippen LogP contribution in [0, 0.1) is 0 Å². The smallest absolute Gasteiger partial charge is 0.368 e. The number of nitrogens with one attached hydrogen (secondary N) is 1. The van der Waals surface area contributed by atoms with E-state index in [4.69, 9.17) is 17.3 Å². The highest BCUT2D eigenvalue weighted by atomic mass is 35.5. The number of amides is 1. The van der Waals surface area contributed by atoms with Gasteiger partial charge in [0.15, 0.2) is 0 Å². The van der Waals surface area contributed by atoms with Crippen LogP contribution in [-0.4, -0.2) is 35.6 Å². The molecule has 1 heterocycles. The van der Waals surface area contributed by atoms with Gasteiger partial charge in [0, 0.05) is 25.2 Å². The van der Waals surface area contributed by atoms with E-state index in [1.54, 1.807) is 30.1 Å². The van der Waals surface area contributed by atoms with Crippen molar-refractivity contribution in [2.45, 2.75) is 12.7 Å². The van der Waals surface area contributed by atoms with Crippen LogP contribution in [-0.2, 0) is 6.54 Å². The van der Waals surface area contributed by atoms with Gasteiger partial charge in [0.25, 0.3) is 5.91 Å². The molecule has 2 rings (SSSR count). The first kappa shape index (κ1) is 18.8. The number of nitrogens with two attached hydrogens (primary N) is 1. The number of alkyl halides is 3. The molecular weight excluding hydrogens is 359 g/mol. The van der Waals surface area contributed by atoms with Crippen molar-refractivity contribution in [2.75, 3.05) is 24.2 Å². The van der Waals surface area contributed by atoms with Crippen molar-refractivity contribution in [1.29, 1.82) is 0 Å². The summed E-state index contributed by atoms with van der Waals surface area (Å²) in [5.41, 5.74) is 6.51. The topological polar surface area (TPSA) is 84.1 Å². The van der Waals surface area contributed by atoms with Crippen LogP contribution in [0.1, 0.15) is 15.9 Å². The van der Waals surface area contributed by atoms with E-state index in [2.05, 4.69) is 9.97 Å². The van der Waals surface area contributed by atoms with Crippen molar-refractivity contribution < 1.29 is 18.0 Å². The number of hydrogen-bond donors (Lipinski definition) is 2. The Morgan fingerprint density at radius 1 is 1.28 bits per heavy atom. The molecule has 3 N–H and O–H groups in total. The standard InChI is InChI=1S/C15H15ClF3N5O/c1-24(12-6-11(16)22-14(20)23-12)7-9-2-4-10(5-3-9)13(25)21-8-15(17,18)19/h2-6H,7-8H2,1H3,(H,21,25)(H2,20,22,23). The third-order valence-corrected chi connectivity index (χ3v) is 3.37. The zero-order valence-electron chi connectivity index (χ0n) is 13.1. The molecular formula is C15H15ClF3N5O. The summed E-state index contributed by atoms with van der Waals surface area (Å²) in [6, 6.07) is 7.75. The number of nitrogens with zero attached hydrogens (tertiary/aromatic N) is 3. The fourth-order valence-corrected chi connectivity index (χ4v) is 2.20. The second-order valence-corrected chi connectivity index (χ2v) is 5.65. The molecule has 6 nitrogen and oxygen atoms in total. The maximum atomic E-state index is 12.1. The minimum Gasteiger partial charge on any atom is -0.368 e. The molecule has 0 aliphatic rings. The highest BCUT2D eigenvalue weighted by Gasteiger charge is 2.27. The summed E-state index contributed by atoms with van der Waals surface area (Å²) in [5.74, 6) is -0.219.